The van der Waals surface area contributed by atoms with Crippen LogP contribution in [0.2, 0.25) is 0 Å². The van der Waals surface area contributed by atoms with Crippen LogP contribution in [0.25, 0.3) is 0 Å². The Balaban J connectivity index is 1.70. The molecular weight excluding hydrogens is 382 g/mol. The minimum Gasteiger partial charge on any atom is -0.378 e. The van der Waals surface area contributed by atoms with Crippen molar-refractivity contribution >= 4 is 33.4 Å². The van der Waals surface area contributed by atoms with Gasteiger partial charge in [-0.15, -0.1) is 0 Å². The number of hydrogen-bond acceptors (Lipinski definition) is 3. The van der Waals surface area contributed by atoms with Gasteiger partial charge >= 0.3 is 0 Å². The molecule has 0 fully saturated rings. The molecule has 0 spiro atoms. The SMILES string of the molecule is CN(C)c1ccc(CNC(=O)CCNC(=O)c2ccc(Br)cc2)cc1. The number of carbonyl (C=O) groups excluding carboxylic acids is 2. The summed E-state index contributed by atoms with van der Waals surface area (Å²) in [6.07, 6.45) is 0.248. The molecule has 6 heteroatoms. The fraction of sp³-hybridized carbons (Fsp3) is 0.263. The van der Waals surface area contributed by atoms with E-state index in [1.807, 2.05) is 55.4 Å². The van der Waals surface area contributed by atoms with Crippen molar-refractivity contribution in [1.29, 1.82) is 0 Å². The van der Waals surface area contributed by atoms with Gasteiger partial charge in [-0.05, 0) is 42.0 Å². The number of carbonyl (C=O) groups is 2. The highest BCUT2D eigenvalue weighted by molar-refractivity contribution is 9.10. The van der Waals surface area contributed by atoms with Crippen LogP contribution in [0.15, 0.2) is 53.0 Å². The topological polar surface area (TPSA) is 61.4 Å². The molecule has 0 atom stereocenters. The van der Waals surface area contributed by atoms with E-state index in [0.717, 1.165) is 15.7 Å². The molecule has 2 aromatic rings. The summed E-state index contributed by atoms with van der Waals surface area (Å²) in [4.78, 5) is 25.8. The van der Waals surface area contributed by atoms with Crippen molar-refractivity contribution in [3.63, 3.8) is 0 Å². The molecule has 132 valence electrons. The monoisotopic (exact) mass is 403 g/mol. The third-order valence-electron chi connectivity index (χ3n) is 3.69. The summed E-state index contributed by atoms with van der Waals surface area (Å²) in [5.74, 6) is -0.271. The van der Waals surface area contributed by atoms with Gasteiger partial charge in [0.05, 0.1) is 0 Å². The second-order valence-corrected chi connectivity index (χ2v) is 6.77. The van der Waals surface area contributed by atoms with Crippen LogP contribution in [0.5, 0.6) is 0 Å². The van der Waals surface area contributed by atoms with Crippen molar-refractivity contribution in [3.8, 4) is 0 Å². The van der Waals surface area contributed by atoms with E-state index in [4.69, 9.17) is 0 Å². The first kappa shape index (κ1) is 19.0. The van der Waals surface area contributed by atoms with Gasteiger partial charge in [-0.2, -0.15) is 0 Å². The van der Waals surface area contributed by atoms with Gasteiger partial charge in [0.2, 0.25) is 5.91 Å². The van der Waals surface area contributed by atoms with E-state index >= 15 is 0 Å². The minimum absolute atomic E-state index is 0.0900. The predicted molar refractivity (Wildman–Crippen MR) is 104 cm³/mol. The van der Waals surface area contributed by atoms with Crippen LogP contribution < -0.4 is 15.5 Å². The molecule has 0 unspecified atom stereocenters. The lowest BCUT2D eigenvalue weighted by molar-refractivity contribution is -0.121. The number of halogens is 1. The number of nitrogens with zero attached hydrogens (tertiary/aromatic N) is 1. The zero-order valence-corrected chi connectivity index (χ0v) is 16.0. The Kier molecular flexibility index (Phi) is 7.01. The maximum Gasteiger partial charge on any atom is 0.251 e. The van der Waals surface area contributed by atoms with Gasteiger partial charge in [0.15, 0.2) is 0 Å². The molecular formula is C19H22BrN3O2. The summed E-state index contributed by atoms with van der Waals surface area (Å²) in [7, 11) is 3.97. The molecule has 0 saturated carbocycles. The number of hydrogen-bond donors (Lipinski definition) is 2. The van der Waals surface area contributed by atoms with Crippen LogP contribution in [-0.4, -0.2) is 32.5 Å². The molecule has 0 heterocycles. The third-order valence-corrected chi connectivity index (χ3v) is 4.22. The van der Waals surface area contributed by atoms with E-state index < -0.39 is 0 Å². The number of benzene rings is 2. The Morgan fingerprint density at radius 2 is 1.60 bits per heavy atom. The Morgan fingerprint density at radius 1 is 0.960 bits per heavy atom. The Morgan fingerprint density at radius 3 is 2.20 bits per heavy atom. The molecule has 0 aromatic heterocycles. The lowest BCUT2D eigenvalue weighted by atomic mass is 10.2. The predicted octanol–water partition coefficient (Wildman–Crippen LogP) is 2.95. The molecule has 0 aliphatic carbocycles. The Hall–Kier alpha value is -2.34. The molecule has 5 nitrogen and oxygen atoms in total. The first-order chi connectivity index (χ1) is 12.0. The fourth-order valence-corrected chi connectivity index (χ4v) is 2.46. The molecule has 2 amide bonds. The van der Waals surface area contributed by atoms with Crippen LogP contribution in [0, 0.1) is 0 Å². The smallest absolute Gasteiger partial charge is 0.251 e. The van der Waals surface area contributed by atoms with E-state index in [9.17, 15) is 9.59 Å². The summed E-state index contributed by atoms with van der Waals surface area (Å²) in [5, 5.41) is 5.61. The van der Waals surface area contributed by atoms with Crippen LogP contribution in [-0.2, 0) is 11.3 Å². The minimum atomic E-state index is -0.181. The quantitative estimate of drug-likeness (QED) is 0.746. The number of nitrogens with one attached hydrogen (secondary N) is 2. The van der Waals surface area contributed by atoms with Crippen molar-refractivity contribution in [1.82, 2.24) is 10.6 Å². The van der Waals surface area contributed by atoms with Gasteiger partial charge in [-0.25, -0.2) is 0 Å². The van der Waals surface area contributed by atoms with Crippen LogP contribution >= 0.6 is 15.9 Å². The highest BCUT2D eigenvalue weighted by atomic mass is 79.9. The fourth-order valence-electron chi connectivity index (χ4n) is 2.19. The van der Waals surface area contributed by atoms with Crippen molar-refractivity contribution in [3.05, 3.63) is 64.1 Å². The summed E-state index contributed by atoms with van der Waals surface area (Å²) < 4.78 is 0.919. The van der Waals surface area contributed by atoms with Gasteiger partial charge in [0, 0.05) is 49.3 Å². The highest BCUT2D eigenvalue weighted by Crippen LogP contribution is 2.12. The summed E-state index contributed by atoms with van der Waals surface area (Å²) in [6.45, 7) is 0.785. The molecule has 0 aliphatic heterocycles. The molecule has 25 heavy (non-hydrogen) atoms. The van der Waals surface area contributed by atoms with Gasteiger partial charge in [-0.3, -0.25) is 9.59 Å². The van der Waals surface area contributed by atoms with Crippen molar-refractivity contribution in [2.75, 3.05) is 25.5 Å². The second kappa shape index (κ2) is 9.22. The number of amides is 2. The normalized spacial score (nSPS) is 10.2. The number of rotatable bonds is 7. The van der Waals surface area contributed by atoms with Crippen LogP contribution in [0.1, 0.15) is 22.3 Å². The molecule has 0 bridgehead atoms. The molecule has 0 saturated heterocycles. The average Bonchev–Trinajstić information content (AvgIpc) is 2.60. The lowest BCUT2D eigenvalue weighted by Gasteiger charge is -2.13. The van der Waals surface area contributed by atoms with Crippen molar-refractivity contribution in [2.24, 2.45) is 0 Å². The van der Waals surface area contributed by atoms with Gasteiger partial charge in [0.1, 0.15) is 0 Å². The average molecular weight is 404 g/mol. The van der Waals surface area contributed by atoms with E-state index in [1.165, 1.54) is 0 Å². The van der Waals surface area contributed by atoms with Gasteiger partial charge in [-0.1, -0.05) is 28.1 Å². The molecule has 2 rings (SSSR count). The summed E-state index contributed by atoms with van der Waals surface area (Å²) in [6, 6.07) is 15.1. The largest absolute Gasteiger partial charge is 0.378 e. The lowest BCUT2D eigenvalue weighted by Crippen LogP contribution is -2.30. The Labute approximate surface area is 156 Å². The molecule has 2 N–H and O–H groups in total. The zero-order chi connectivity index (χ0) is 18.2. The molecule has 2 aromatic carbocycles. The highest BCUT2D eigenvalue weighted by Gasteiger charge is 2.06. The standard InChI is InChI=1S/C19H22BrN3O2/c1-23(2)17-9-3-14(4-10-17)13-22-18(24)11-12-21-19(25)15-5-7-16(20)8-6-15/h3-10H,11-13H2,1-2H3,(H,21,25)(H,22,24). The Bertz CT molecular complexity index is 712. The summed E-state index contributed by atoms with van der Waals surface area (Å²) >= 11 is 3.33. The summed E-state index contributed by atoms with van der Waals surface area (Å²) in [5.41, 5.74) is 2.73. The molecule has 0 aliphatic rings. The van der Waals surface area contributed by atoms with E-state index in [1.54, 1.807) is 12.1 Å². The second-order valence-electron chi connectivity index (χ2n) is 5.85. The maximum absolute atomic E-state index is 11.9. The maximum atomic E-state index is 11.9. The van der Waals surface area contributed by atoms with E-state index in [2.05, 4.69) is 26.6 Å². The van der Waals surface area contributed by atoms with Crippen molar-refractivity contribution in [2.45, 2.75) is 13.0 Å². The van der Waals surface area contributed by atoms with Gasteiger partial charge in [0.25, 0.3) is 5.91 Å². The molecule has 0 radical (unpaired) electrons. The first-order valence-electron chi connectivity index (χ1n) is 8.02. The zero-order valence-electron chi connectivity index (χ0n) is 14.4. The van der Waals surface area contributed by atoms with E-state index in [0.29, 0.717) is 18.7 Å². The van der Waals surface area contributed by atoms with Gasteiger partial charge < -0.3 is 15.5 Å². The number of anilines is 1. The van der Waals surface area contributed by atoms with Crippen LogP contribution in [0.4, 0.5) is 5.69 Å². The first-order valence-corrected chi connectivity index (χ1v) is 8.82. The van der Waals surface area contributed by atoms with Crippen LogP contribution in [0.3, 0.4) is 0 Å². The van der Waals surface area contributed by atoms with Crippen molar-refractivity contribution < 1.29 is 9.59 Å². The van der Waals surface area contributed by atoms with E-state index in [-0.39, 0.29) is 18.2 Å². The third kappa shape index (κ3) is 6.23.